The largest absolute Gasteiger partial charge is 0.356 e. The second kappa shape index (κ2) is 8.20. The van der Waals surface area contributed by atoms with Crippen LogP contribution in [0.5, 0.6) is 0 Å². The van der Waals surface area contributed by atoms with Crippen molar-refractivity contribution in [3.63, 3.8) is 0 Å². The van der Waals surface area contributed by atoms with Gasteiger partial charge in [-0.1, -0.05) is 55.5 Å². The van der Waals surface area contributed by atoms with Crippen molar-refractivity contribution in [1.29, 1.82) is 0 Å². The number of fused-ring (bicyclic) bond motifs is 1. The summed E-state index contributed by atoms with van der Waals surface area (Å²) >= 11 is 1.50. The maximum absolute atomic E-state index is 12.0. The molecule has 0 unspecified atom stereocenters. The van der Waals surface area contributed by atoms with Gasteiger partial charge in [0.15, 0.2) is 5.82 Å². The van der Waals surface area contributed by atoms with Crippen LogP contribution in [-0.4, -0.2) is 32.3 Å². The third-order valence-corrected chi connectivity index (χ3v) is 4.90. The first-order valence-corrected chi connectivity index (χ1v) is 9.47. The number of hydrogen-bond donors (Lipinski definition) is 1. The molecule has 0 aliphatic heterocycles. The molecule has 0 aliphatic carbocycles. The molecule has 7 heteroatoms. The van der Waals surface area contributed by atoms with E-state index in [-0.39, 0.29) is 11.8 Å². The number of carbonyl (C=O) groups excluding carboxylic acids is 1. The Morgan fingerprint density at radius 3 is 2.76 bits per heavy atom. The van der Waals surface area contributed by atoms with Crippen molar-refractivity contribution in [2.75, 3.05) is 6.54 Å². The van der Waals surface area contributed by atoms with Crippen molar-refractivity contribution in [1.82, 2.24) is 25.1 Å². The fraction of sp³-hybridized carbons (Fsp3) is 0.444. The van der Waals surface area contributed by atoms with Gasteiger partial charge in [-0.15, -0.1) is 10.2 Å². The minimum atomic E-state index is 0.0723. The van der Waals surface area contributed by atoms with Crippen LogP contribution in [0, 0.1) is 0 Å². The second-order valence-electron chi connectivity index (χ2n) is 6.34. The van der Waals surface area contributed by atoms with Gasteiger partial charge in [0, 0.05) is 25.3 Å². The van der Waals surface area contributed by atoms with Crippen molar-refractivity contribution in [3.8, 4) is 0 Å². The fourth-order valence-electron chi connectivity index (χ4n) is 2.61. The van der Waals surface area contributed by atoms with E-state index in [1.807, 2.05) is 18.2 Å². The maximum atomic E-state index is 12.0. The molecule has 0 atom stereocenters. The van der Waals surface area contributed by atoms with E-state index in [9.17, 15) is 4.79 Å². The molecule has 0 saturated carbocycles. The highest BCUT2D eigenvalue weighted by Gasteiger charge is 2.14. The van der Waals surface area contributed by atoms with Crippen LogP contribution in [0.15, 0.2) is 30.3 Å². The molecule has 0 bridgehead atoms. The summed E-state index contributed by atoms with van der Waals surface area (Å²) in [4.78, 5) is 12.8. The number of aromatic nitrogens is 4. The normalized spacial score (nSPS) is 11.3. The number of amides is 1. The first-order valence-electron chi connectivity index (χ1n) is 8.65. The van der Waals surface area contributed by atoms with Crippen molar-refractivity contribution in [2.24, 2.45) is 0 Å². The molecule has 1 amide bonds. The van der Waals surface area contributed by atoms with Gasteiger partial charge in [0.2, 0.25) is 10.9 Å². The molecule has 3 aromatic rings. The van der Waals surface area contributed by atoms with Crippen LogP contribution >= 0.6 is 11.3 Å². The summed E-state index contributed by atoms with van der Waals surface area (Å²) in [5, 5.41) is 16.7. The highest BCUT2D eigenvalue weighted by atomic mass is 32.1. The summed E-state index contributed by atoms with van der Waals surface area (Å²) in [5.41, 5.74) is 1.30. The molecule has 0 radical (unpaired) electrons. The molecule has 0 aliphatic rings. The number of benzene rings is 1. The van der Waals surface area contributed by atoms with Gasteiger partial charge in [-0.25, -0.2) is 0 Å². The Labute approximate surface area is 151 Å². The molecule has 1 N–H and O–H groups in total. The topological polar surface area (TPSA) is 72.2 Å². The Hall–Kier alpha value is -2.28. The first-order chi connectivity index (χ1) is 12.1. The predicted octanol–water partition coefficient (Wildman–Crippen LogP) is 2.99. The van der Waals surface area contributed by atoms with Gasteiger partial charge in [-0.05, 0) is 18.4 Å². The fourth-order valence-corrected chi connectivity index (χ4v) is 3.45. The highest BCUT2D eigenvalue weighted by Crippen LogP contribution is 2.19. The van der Waals surface area contributed by atoms with Gasteiger partial charge in [-0.3, -0.25) is 4.79 Å². The van der Waals surface area contributed by atoms with Gasteiger partial charge in [0.1, 0.15) is 5.01 Å². The minimum Gasteiger partial charge on any atom is -0.356 e. The summed E-state index contributed by atoms with van der Waals surface area (Å²) in [6.45, 7) is 4.84. The average Bonchev–Trinajstić information content (AvgIpc) is 3.17. The molecule has 2 aromatic heterocycles. The molecular weight excluding hydrogens is 334 g/mol. The van der Waals surface area contributed by atoms with Crippen molar-refractivity contribution >= 4 is 22.2 Å². The van der Waals surface area contributed by atoms with Gasteiger partial charge in [0.25, 0.3) is 0 Å². The molecule has 132 valence electrons. The van der Waals surface area contributed by atoms with Crippen molar-refractivity contribution < 1.29 is 4.79 Å². The summed E-state index contributed by atoms with van der Waals surface area (Å²) in [5.74, 6) is 1.21. The highest BCUT2D eigenvalue weighted by molar-refractivity contribution is 7.16. The zero-order valence-corrected chi connectivity index (χ0v) is 15.4. The SMILES string of the molecule is CC(C)c1nnc2sc(CCC(=O)NCCCc3ccccc3)nn12. The Bertz CT molecular complexity index is 824. The second-order valence-corrected chi connectivity index (χ2v) is 7.38. The van der Waals surface area contributed by atoms with Crippen LogP contribution in [0.3, 0.4) is 0 Å². The Balaban J connectivity index is 1.41. The third-order valence-electron chi connectivity index (χ3n) is 3.95. The lowest BCUT2D eigenvalue weighted by Gasteiger charge is -2.04. The van der Waals surface area contributed by atoms with Crippen LogP contribution in [0.25, 0.3) is 4.96 Å². The molecule has 2 heterocycles. The lowest BCUT2D eigenvalue weighted by atomic mass is 10.1. The van der Waals surface area contributed by atoms with E-state index in [1.54, 1.807) is 4.52 Å². The lowest BCUT2D eigenvalue weighted by molar-refractivity contribution is -0.121. The Morgan fingerprint density at radius 1 is 1.20 bits per heavy atom. The predicted molar refractivity (Wildman–Crippen MR) is 98.8 cm³/mol. The van der Waals surface area contributed by atoms with Crippen LogP contribution in [0.2, 0.25) is 0 Å². The zero-order valence-electron chi connectivity index (χ0n) is 14.6. The van der Waals surface area contributed by atoms with Crippen molar-refractivity contribution in [2.45, 2.75) is 45.4 Å². The van der Waals surface area contributed by atoms with Gasteiger partial charge >= 0.3 is 0 Å². The minimum absolute atomic E-state index is 0.0723. The number of hydrogen-bond acceptors (Lipinski definition) is 5. The standard InChI is InChI=1S/C18H23N5OS/c1-13(2)17-20-21-18-23(17)22-16(25-18)11-10-15(24)19-12-6-9-14-7-4-3-5-8-14/h3-5,7-8,13H,6,9-12H2,1-2H3,(H,19,24). The van der Waals surface area contributed by atoms with E-state index in [0.717, 1.165) is 28.6 Å². The van der Waals surface area contributed by atoms with Gasteiger partial charge in [-0.2, -0.15) is 9.61 Å². The third kappa shape index (κ3) is 4.63. The van der Waals surface area contributed by atoms with E-state index in [2.05, 4.69) is 46.6 Å². The molecule has 0 spiro atoms. The van der Waals surface area contributed by atoms with Crippen LogP contribution < -0.4 is 5.32 Å². The van der Waals surface area contributed by atoms with E-state index < -0.39 is 0 Å². The Morgan fingerprint density at radius 2 is 2.00 bits per heavy atom. The lowest BCUT2D eigenvalue weighted by Crippen LogP contribution is -2.25. The molecule has 0 fully saturated rings. The monoisotopic (exact) mass is 357 g/mol. The summed E-state index contributed by atoms with van der Waals surface area (Å²) in [6, 6.07) is 10.3. The first kappa shape index (κ1) is 17.5. The van der Waals surface area contributed by atoms with Gasteiger partial charge in [0.05, 0.1) is 0 Å². The molecule has 25 heavy (non-hydrogen) atoms. The zero-order chi connectivity index (χ0) is 17.6. The van der Waals surface area contributed by atoms with E-state index in [0.29, 0.717) is 19.4 Å². The van der Waals surface area contributed by atoms with Crippen molar-refractivity contribution in [3.05, 3.63) is 46.7 Å². The van der Waals surface area contributed by atoms with Crippen LogP contribution in [0.4, 0.5) is 0 Å². The van der Waals surface area contributed by atoms with Gasteiger partial charge < -0.3 is 5.32 Å². The van der Waals surface area contributed by atoms with E-state index in [4.69, 9.17) is 0 Å². The van der Waals surface area contributed by atoms with Crippen LogP contribution in [-0.2, 0) is 17.6 Å². The molecule has 6 nitrogen and oxygen atoms in total. The number of rotatable bonds is 8. The number of nitrogens with zero attached hydrogens (tertiary/aromatic N) is 4. The number of aryl methyl sites for hydroxylation is 2. The smallest absolute Gasteiger partial charge is 0.234 e. The maximum Gasteiger partial charge on any atom is 0.234 e. The average molecular weight is 357 g/mol. The molecular formula is C18H23N5OS. The van der Waals surface area contributed by atoms with E-state index in [1.165, 1.54) is 16.9 Å². The summed E-state index contributed by atoms with van der Waals surface area (Å²) < 4.78 is 1.79. The summed E-state index contributed by atoms with van der Waals surface area (Å²) in [7, 11) is 0. The summed E-state index contributed by atoms with van der Waals surface area (Å²) in [6.07, 6.45) is 3.02. The van der Waals surface area contributed by atoms with Crippen LogP contribution in [0.1, 0.15) is 49.0 Å². The Kier molecular flexibility index (Phi) is 5.75. The number of nitrogens with one attached hydrogen (secondary N) is 1. The number of carbonyl (C=O) groups is 1. The van der Waals surface area contributed by atoms with E-state index >= 15 is 0 Å². The molecule has 1 aromatic carbocycles. The quantitative estimate of drug-likeness (QED) is 0.629. The molecule has 0 saturated heterocycles. The molecule has 3 rings (SSSR count).